The first-order valence-electron chi connectivity index (χ1n) is 10.1. The van der Waals surface area contributed by atoms with Crippen LogP contribution < -0.4 is 4.74 Å². The van der Waals surface area contributed by atoms with Crippen LogP contribution in [0, 0.1) is 6.92 Å². The Morgan fingerprint density at radius 3 is 2.90 bits per heavy atom. The van der Waals surface area contributed by atoms with Gasteiger partial charge in [-0.3, -0.25) is 4.79 Å². The number of ether oxygens (including phenoxy) is 1. The lowest BCUT2D eigenvalue weighted by molar-refractivity contribution is -0.131. The molecule has 4 aromatic rings. The molecule has 0 fully saturated rings. The smallest absolute Gasteiger partial charge is 0.228 e. The van der Waals surface area contributed by atoms with Gasteiger partial charge < -0.3 is 14.6 Å². The molecular formula is C24H23N3O2S. The number of nitrogens with zero attached hydrogens (tertiary/aromatic N) is 2. The minimum absolute atomic E-state index is 0.127. The average molecular weight is 418 g/mol. The van der Waals surface area contributed by atoms with Crippen LogP contribution in [0.25, 0.3) is 10.9 Å². The number of aryl methyl sites for hydroxylation is 1. The molecule has 0 saturated heterocycles. The Balaban J connectivity index is 1.21. The van der Waals surface area contributed by atoms with Crippen LogP contribution in [0.2, 0.25) is 0 Å². The van der Waals surface area contributed by atoms with E-state index in [-0.39, 0.29) is 5.91 Å². The average Bonchev–Trinajstić information content (AvgIpc) is 3.37. The summed E-state index contributed by atoms with van der Waals surface area (Å²) in [5, 5.41) is 4.07. The third-order valence-corrected chi connectivity index (χ3v) is 6.42. The molecule has 0 saturated carbocycles. The lowest BCUT2D eigenvalue weighted by atomic mass is 10.0. The molecule has 3 heterocycles. The summed E-state index contributed by atoms with van der Waals surface area (Å²) in [6.45, 7) is 3.87. The van der Waals surface area contributed by atoms with Crippen molar-refractivity contribution >= 4 is 28.1 Å². The molecule has 1 N–H and O–H groups in total. The highest BCUT2D eigenvalue weighted by Crippen LogP contribution is 2.28. The van der Waals surface area contributed by atoms with Crippen LogP contribution >= 0.6 is 11.3 Å². The second kappa shape index (κ2) is 7.95. The molecule has 0 spiro atoms. The largest absolute Gasteiger partial charge is 0.486 e. The first-order valence-corrected chi connectivity index (χ1v) is 11.0. The van der Waals surface area contributed by atoms with Crippen LogP contribution in [0.5, 0.6) is 5.75 Å². The van der Waals surface area contributed by atoms with Gasteiger partial charge >= 0.3 is 0 Å². The zero-order valence-electron chi connectivity index (χ0n) is 16.9. The van der Waals surface area contributed by atoms with E-state index in [0.717, 1.165) is 34.9 Å². The van der Waals surface area contributed by atoms with Crippen molar-refractivity contribution in [2.24, 2.45) is 0 Å². The molecule has 1 aliphatic heterocycles. The second-order valence-electron chi connectivity index (χ2n) is 7.70. The molecule has 0 radical (unpaired) electrons. The Bertz CT molecular complexity index is 1190. The molecule has 0 aliphatic carbocycles. The minimum Gasteiger partial charge on any atom is -0.486 e. The number of thiazole rings is 1. The molecule has 5 rings (SSSR count). The summed E-state index contributed by atoms with van der Waals surface area (Å²) < 4.78 is 5.80. The van der Waals surface area contributed by atoms with E-state index >= 15 is 0 Å². The summed E-state index contributed by atoms with van der Waals surface area (Å²) in [5.74, 6) is 0.957. The van der Waals surface area contributed by atoms with Gasteiger partial charge in [-0.15, -0.1) is 11.3 Å². The maximum atomic E-state index is 12.9. The topological polar surface area (TPSA) is 58.2 Å². The van der Waals surface area contributed by atoms with Gasteiger partial charge in [0.1, 0.15) is 17.4 Å². The Labute approximate surface area is 179 Å². The van der Waals surface area contributed by atoms with E-state index < -0.39 is 0 Å². The highest BCUT2D eigenvalue weighted by Gasteiger charge is 2.24. The van der Waals surface area contributed by atoms with Crippen molar-refractivity contribution in [3.05, 3.63) is 81.4 Å². The Hall–Kier alpha value is -3.12. The van der Waals surface area contributed by atoms with Crippen molar-refractivity contribution < 1.29 is 9.53 Å². The summed E-state index contributed by atoms with van der Waals surface area (Å²) in [4.78, 5) is 23.0. The summed E-state index contributed by atoms with van der Waals surface area (Å²) in [5.41, 5.74) is 5.67. The number of H-pyrrole nitrogens is 1. The summed E-state index contributed by atoms with van der Waals surface area (Å²) in [6, 6.07) is 16.3. The standard InChI is InChI=1S/C24H23N3O2S/c1-16-6-8-18(9-7-16)29-14-23-25-17(15-30-23)12-24(28)27-11-10-22-20(13-27)19-4-2-3-5-21(19)26-22/h2-9,15,26H,10-14H2,1H3. The molecule has 30 heavy (non-hydrogen) atoms. The van der Waals surface area contributed by atoms with E-state index in [9.17, 15) is 4.79 Å². The number of hydrogen-bond acceptors (Lipinski definition) is 4. The lowest BCUT2D eigenvalue weighted by Crippen LogP contribution is -2.36. The van der Waals surface area contributed by atoms with Gasteiger partial charge in [0.15, 0.2) is 0 Å². The molecule has 2 aromatic carbocycles. The minimum atomic E-state index is 0.127. The van der Waals surface area contributed by atoms with Crippen LogP contribution in [-0.2, 0) is 30.8 Å². The molecule has 1 amide bonds. The second-order valence-corrected chi connectivity index (χ2v) is 8.65. The van der Waals surface area contributed by atoms with Gasteiger partial charge in [-0.05, 0) is 25.1 Å². The van der Waals surface area contributed by atoms with Gasteiger partial charge in [0.2, 0.25) is 5.91 Å². The number of carbonyl (C=O) groups excluding carboxylic acids is 1. The molecule has 152 valence electrons. The fourth-order valence-electron chi connectivity index (χ4n) is 3.92. The van der Waals surface area contributed by atoms with Crippen LogP contribution in [0.3, 0.4) is 0 Å². The Morgan fingerprint density at radius 2 is 2.03 bits per heavy atom. The van der Waals surface area contributed by atoms with Crippen LogP contribution in [-0.4, -0.2) is 27.3 Å². The van der Waals surface area contributed by atoms with Gasteiger partial charge in [0, 0.05) is 47.1 Å². The zero-order chi connectivity index (χ0) is 20.5. The Morgan fingerprint density at radius 1 is 1.20 bits per heavy atom. The molecule has 1 aliphatic rings. The first-order chi connectivity index (χ1) is 14.7. The van der Waals surface area contributed by atoms with E-state index in [1.807, 2.05) is 46.7 Å². The number of aromatic amines is 1. The number of rotatable bonds is 5. The van der Waals surface area contributed by atoms with Gasteiger partial charge in [-0.2, -0.15) is 0 Å². The SMILES string of the molecule is Cc1ccc(OCc2nc(CC(=O)N3CCc4[nH]c5ccccc5c4C3)cs2)cc1. The van der Waals surface area contributed by atoms with Crippen molar-refractivity contribution in [3.63, 3.8) is 0 Å². The van der Waals surface area contributed by atoms with E-state index in [1.54, 1.807) is 11.3 Å². The van der Waals surface area contributed by atoms with Crippen molar-refractivity contribution in [2.45, 2.75) is 32.9 Å². The van der Waals surface area contributed by atoms with Crippen molar-refractivity contribution in [3.8, 4) is 5.75 Å². The van der Waals surface area contributed by atoms with Crippen molar-refractivity contribution in [1.29, 1.82) is 0 Å². The molecule has 0 bridgehead atoms. The maximum absolute atomic E-state index is 12.9. The summed E-state index contributed by atoms with van der Waals surface area (Å²) >= 11 is 1.54. The van der Waals surface area contributed by atoms with Crippen LogP contribution in [0.15, 0.2) is 53.9 Å². The van der Waals surface area contributed by atoms with Gasteiger partial charge in [0.05, 0.1) is 12.1 Å². The molecule has 6 heteroatoms. The molecule has 0 unspecified atom stereocenters. The normalized spacial score (nSPS) is 13.4. The third kappa shape index (κ3) is 3.83. The Kier molecular flexibility index (Phi) is 5.01. The van der Waals surface area contributed by atoms with Gasteiger partial charge in [0.25, 0.3) is 0 Å². The zero-order valence-corrected chi connectivity index (χ0v) is 17.7. The summed E-state index contributed by atoms with van der Waals surface area (Å²) in [7, 11) is 0. The van der Waals surface area contributed by atoms with Crippen LogP contribution in [0.1, 0.15) is 27.5 Å². The monoisotopic (exact) mass is 417 g/mol. The number of hydrogen-bond donors (Lipinski definition) is 1. The number of benzene rings is 2. The number of nitrogens with one attached hydrogen (secondary N) is 1. The number of para-hydroxylation sites is 1. The first kappa shape index (κ1) is 18.9. The third-order valence-electron chi connectivity index (χ3n) is 5.55. The van der Waals surface area contributed by atoms with Crippen molar-refractivity contribution in [1.82, 2.24) is 14.9 Å². The highest BCUT2D eigenvalue weighted by molar-refractivity contribution is 7.09. The van der Waals surface area contributed by atoms with Gasteiger partial charge in [-0.1, -0.05) is 35.9 Å². The molecule has 5 nitrogen and oxygen atoms in total. The fraction of sp³-hybridized carbons (Fsp3) is 0.250. The number of aromatic nitrogens is 2. The van der Waals surface area contributed by atoms with E-state index in [4.69, 9.17) is 4.74 Å². The quantitative estimate of drug-likeness (QED) is 0.515. The molecule has 2 aromatic heterocycles. The van der Waals surface area contributed by atoms with E-state index in [2.05, 4.69) is 29.0 Å². The van der Waals surface area contributed by atoms with E-state index in [0.29, 0.717) is 19.6 Å². The number of carbonyl (C=O) groups is 1. The highest BCUT2D eigenvalue weighted by atomic mass is 32.1. The van der Waals surface area contributed by atoms with Crippen LogP contribution in [0.4, 0.5) is 0 Å². The predicted molar refractivity (Wildman–Crippen MR) is 119 cm³/mol. The number of amides is 1. The molecule has 0 atom stereocenters. The number of fused-ring (bicyclic) bond motifs is 3. The molecular weight excluding hydrogens is 394 g/mol. The predicted octanol–water partition coefficient (Wildman–Crippen LogP) is 4.64. The van der Waals surface area contributed by atoms with Gasteiger partial charge in [-0.25, -0.2) is 4.98 Å². The van der Waals surface area contributed by atoms with Crippen molar-refractivity contribution in [2.75, 3.05) is 6.54 Å². The van der Waals surface area contributed by atoms with E-state index in [1.165, 1.54) is 22.2 Å². The maximum Gasteiger partial charge on any atom is 0.228 e. The summed E-state index contributed by atoms with van der Waals surface area (Å²) in [6.07, 6.45) is 1.20. The lowest BCUT2D eigenvalue weighted by Gasteiger charge is -2.27. The fourth-order valence-corrected chi connectivity index (χ4v) is 4.63.